The summed E-state index contributed by atoms with van der Waals surface area (Å²) >= 11 is 7.10. The lowest BCUT2D eigenvalue weighted by Gasteiger charge is -2.32. The number of piperidine rings is 1. The van der Waals surface area contributed by atoms with Crippen molar-refractivity contribution in [3.63, 3.8) is 0 Å². The van der Waals surface area contributed by atoms with Crippen molar-refractivity contribution in [1.82, 2.24) is 14.5 Å². The first-order chi connectivity index (χ1) is 14.5. The Hall–Kier alpha value is -1.57. The van der Waals surface area contributed by atoms with Gasteiger partial charge in [0.05, 0.1) is 17.2 Å². The van der Waals surface area contributed by atoms with E-state index in [9.17, 15) is 9.18 Å². The van der Waals surface area contributed by atoms with Gasteiger partial charge in [0.1, 0.15) is 5.82 Å². The number of nitrogens with zero attached hydrogens (tertiary/aromatic N) is 3. The largest absolute Gasteiger partial charge is 0.305 e. The van der Waals surface area contributed by atoms with Crippen LogP contribution < -0.4 is 5.56 Å². The van der Waals surface area contributed by atoms with Crippen LogP contribution in [0.15, 0.2) is 56.3 Å². The van der Waals surface area contributed by atoms with E-state index in [1.165, 1.54) is 43.2 Å². The number of rotatable bonds is 6. The average Bonchev–Trinajstić information content (AvgIpc) is 2.74. The average molecular weight is 537 g/mol. The molecule has 0 amide bonds. The van der Waals surface area contributed by atoms with Crippen molar-refractivity contribution in [3.05, 3.63) is 73.3 Å². The van der Waals surface area contributed by atoms with Crippen LogP contribution in [0, 0.1) is 11.7 Å². The fraction of sp³-hybridized carbons (Fsp3) is 0.391. The van der Waals surface area contributed by atoms with Crippen molar-refractivity contribution >= 4 is 42.9 Å². The van der Waals surface area contributed by atoms with E-state index in [-0.39, 0.29) is 5.56 Å². The Morgan fingerprint density at radius 2 is 1.83 bits per heavy atom. The highest BCUT2D eigenvalue weighted by Gasteiger charge is 2.19. The molecule has 30 heavy (non-hydrogen) atoms. The lowest BCUT2D eigenvalue weighted by atomic mass is 9.90. The smallest absolute Gasteiger partial charge is 0.251 e. The van der Waals surface area contributed by atoms with Crippen molar-refractivity contribution in [2.24, 2.45) is 5.92 Å². The molecule has 4 nitrogen and oxygen atoms in total. The zero-order valence-electron chi connectivity index (χ0n) is 16.7. The van der Waals surface area contributed by atoms with E-state index in [0.717, 1.165) is 40.9 Å². The van der Waals surface area contributed by atoms with Gasteiger partial charge >= 0.3 is 0 Å². The molecule has 1 fully saturated rings. The molecule has 3 aromatic rings. The summed E-state index contributed by atoms with van der Waals surface area (Å²) in [4.78, 5) is 18.8. The number of aryl methyl sites for hydroxylation is 1. The van der Waals surface area contributed by atoms with Crippen LogP contribution in [0.25, 0.3) is 11.0 Å². The predicted octanol–water partition coefficient (Wildman–Crippen LogP) is 5.41. The van der Waals surface area contributed by atoms with Crippen LogP contribution in [0.2, 0.25) is 0 Å². The number of hydrogen-bond donors (Lipinski definition) is 0. The molecule has 0 unspecified atom stereocenters. The fourth-order valence-electron chi connectivity index (χ4n) is 4.18. The van der Waals surface area contributed by atoms with E-state index < -0.39 is 5.82 Å². The van der Waals surface area contributed by atoms with Gasteiger partial charge in [0.25, 0.3) is 5.56 Å². The molecule has 0 atom stereocenters. The molecule has 0 aliphatic carbocycles. The van der Waals surface area contributed by atoms with E-state index in [1.807, 2.05) is 0 Å². The second-order valence-electron chi connectivity index (χ2n) is 7.95. The molecule has 3 heterocycles. The topological polar surface area (TPSA) is 38.1 Å². The molecule has 4 rings (SSSR count). The third-order valence-corrected chi connectivity index (χ3v) is 7.86. The van der Waals surface area contributed by atoms with E-state index in [4.69, 9.17) is 0 Å². The molecule has 7 heteroatoms. The Morgan fingerprint density at radius 3 is 2.60 bits per heavy atom. The molecule has 1 saturated heterocycles. The summed E-state index contributed by atoms with van der Waals surface area (Å²) in [6, 6.07) is 11.0. The van der Waals surface area contributed by atoms with Crippen LogP contribution in [0.5, 0.6) is 0 Å². The standard InChI is InChI=1S/C23H24Br2FN3O/c24-19-4-3-17(13-20(19)25)2-1-16-7-9-28(10-8-16)11-12-29-22-14-18(26)15-27-21(22)5-6-23(29)30/h3-6,13-16H,1-2,7-12H2. The first-order valence-electron chi connectivity index (χ1n) is 10.3. The first kappa shape index (κ1) is 21.7. The number of halogens is 3. The number of aromatic nitrogens is 2. The Labute approximate surface area is 192 Å². The van der Waals surface area contributed by atoms with Gasteiger partial charge in [-0.1, -0.05) is 6.07 Å². The van der Waals surface area contributed by atoms with Crippen molar-refractivity contribution in [2.75, 3.05) is 19.6 Å². The molecule has 0 spiro atoms. The number of likely N-dealkylation sites (tertiary alicyclic amines) is 1. The lowest BCUT2D eigenvalue weighted by molar-refractivity contribution is 0.174. The van der Waals surface area contributed by atoms with Crippen molar-refractivity contribution in [3.8, 4) is 0 Å². The lowest BCUT2D eigenvalue weighted by Crippen LogP contribution is -2.37. The van der Waals surface area contributed by atoms with Crippen LogP contribution in [-0.4, -0.2) is 34.1 Å². The van der Waals surface area contributed by atoms with E-state index in [2.05, 4.69) is 59.9 Å². The van der Waals surface area contributed by atoms with Gasteiger partial charge in [0.15, 0.2) is 0 Å². The second kappa shape index (κ2) is 9.71. The first-order valence-corrected chi connectivity index (χ1v) is 11.9. The molecular formula is C23H24Br2FN3O. The normalized spacial score (nSPS) is 15.7. The van der Waals surface area contributed by atoms with Crippen LogP contribution in [0.4, 0.5) is 4.39 Å². The molecule has 158 valence electrons. The predicted molar refractivity (Wildman–Crippen MR) is 125 cm³/mol. The molecule has 1 aliphatic heterocycles. The summed E-state index contributed by atoms with van der Waals surface area (Å²) in [6.07, 6.45) is 5.85. The van der Waals surface area contributed by atoms with Gasteiger partial charge in [0, 0.05) is 34.2 Å². The number of fused-ring (bicyclic) bond motifs is 1. The summed E-state index contributed by atoms with van der Waals surface area (Å²) in [5.41, 5.74) is 2.47. The monoisotopic (exact) mass is 535 g/mol. The highest BCUT2D eigenvalue weighted by atomic mass is 79.9. The number of benzene rings is 1. The van der Waals surface area contributed by atoms with Crippen molar-refractivity contribution in [2.45, 2.75) is 32.2 Å². The minimum atomic E-state index is -0.416. The highest BCUT2D eigenvalue weighted by molar-refractivity contribution is 9.13. The molecule has 1 aliphatic rings. The van der Waals surface area contributed by atoms with Crippen LogP contribution in [0.1, 0.15) is 24.8 Å². The van der Waals surface area contributed by atoms with Gasteiger partial charge in [-0.3, -0.25) is 9.78 Å². The molecule has 0 saturated carbocycles. The third-order valence-electron chi connectivity index (χ3n) is 5.98. The second-order valence-corrected chi connectivity index (χ2v) is 9.66. The van der Waals surface area contributed by atoms with Gasteiger partial charge < -0.3 is 9.47 Å². The minimum absolute atomic E-state index is 0.106. The summed E-state index contributed by atoms with van der Waals surface area (Å²) in [7, 11) is 0. The Kier molecular flexibility index (Phi) is 7.01. The fourth-order valence-corrected chi connectivity index (χ4v) is 4.85. The maximum Gasteiger partial charge on any atom is 0.251 e. The van der Waals surface area contributed by atoms with E-state index >= 15 is 0 Å². The summed E-state index contributed by atoms with van der Waals surface area (Å²) < 4.78 is 17.5. The van der Waals surface area contributed by atoms with Crippen LogP contribution >= 0.6 is 31.9 Å². The Bertz CT molecular complexity index is 1090. The third kappa shape index (κ3) is 5.18. The van der Waals surface area contributed by atoms with Gasteiger partial charge in [-0.2, -0.15) is 0 Å². The maximum atomic E-state index is 13.6. The summed E-state index contributed by atoms with van der Waals surface area (Å²) in [5, 5.41) is 0. The minimum Gasteiger partial charge on any atom is -0.305 e. The number of pyridine rings is 2. The SMILES string of the molecule is O=c1ccc2ncc(F)cc2n1CCN1CCC(CCc2ccc(Br)c(Br)c2)CC1. The number of hydrogen-bond acceptors (Lipinski definition) is 3. The zero-order chi connectivity index (χ0) is 21.1. The van der Waals surface area contributed by atoms with Crippen molar-refractivity contribution < 1.29 is 4.39 Å². The summed E-state index contributed by atoms with van der Waals surface area (Å²) in [6.45, 7) is 3.43. The van der Waals surface area contributed by atoms with Gasteiger partial charge in [-0.15, -0.1) is 0 Å². The molecule has 2 aromatic heterocycles. The quantitative estimate of drug-likeness (QED) is 0.423. The molecule has 0 bridgehead atoms. The van der Waals surface area contributed by atoms with Crippen LogP contribution in [-0.2, 0) is 13.0 Å². The summed E-state index contributed by atoms with van der Waals surface area (Å²) in [5.74, 6) is 0.322. The molecule has 1 aromatic carbocycles. The van der Waals surface area contributed by atoms with Gasteiger partial charge in [-0.05, 0) is 100 Å². The molecule has 0 N–H and O–H groups in total. The zero-order valence-corrected chi connectivity index (χ0v) is 19.8. The molecular weight excluding hydrogens is 513 g/mol. The van der Waals surface area contributed by atoms with Gasteiger partial charge in [0.2, 0.25) is 0 Å². The Balaban J connectivity index is 1.30. The maximum absolute atomic E-state index is 13.6. The van der Waals surface area contributed by atoms with Gasteiger partial charge in [-0.25, -0.2) is 4.39 Å². The highest BCUT2D eigenvalue weighted by Crippen LogP contribution is 2.27. The Morgan fingerprint density at radius 1 is 1.03 bits per heavy atom. The van der Waals surface area contributed by atoms with E-state index in [0.29, 0.717) is 17.6 Å². The van der Waals surface area contributed by atoms with Crippen LogP contribution in [0.3, 0.4) is 0 Å². The van der Waals surface area contributed by atoms with E-state index in [1.54, 1.807) is 10.6 Å². The van der Waals surface area contributed by atoms with Crippen molar-refractivity contribution in [1.29, 1.82) is 0 Å². The molecule has 0 radical (unpaired) electrons.